The van der Waals surface area contributed by atoms with Crippen molar-refractivity contribution in [2.45, 2.75) is 38.3 Å². The second kappa shape index (κ2) is 7.11. The zero-order chi connectivity index (χ0) is 18.0. The molecule has 0 aromatic heterocycles. The maximum absolute atomic E-state index is 12.3. The fraction of sp³-hybridized carbons (Fsp3) is 0.471. The normalized spacial score (nSPS) is 24.1. The molecule has 0 radical (unpaired) electrons. The molecule has 136 valence electrons. The van der Waals surface area contributed by atoms with Gasteiger partial charge in [-0.2, -0.15) is 8.78 Å². The Kier molecular flexibility index (Phi) is 5.08. The number of fused-ring (bicyclic) bond motifs is 1. The highest BCUT2D eigenvalue weighted by Gasteiger charge is 2.27. The molecule has 2 unspecified atom stereocenters. The highest BCUT2D eigenvalue weighted by molar-refractivity contribution is 7.94. The number of carbonyl (C=O) groups excluding carboxylic acids is 1. The minimum absolute atomic E-state index is 0.0317. The van der Waals surface area contributed by atoms with Crippen LogP contribution < -0.4 is 10.1 Å². The number of rotatable bonds is 5. The molecule has 0 spiro atoms. The number of carbonyl (C=O) groups is 1. The standard InChI is InChI=1S/C17H19F2NO4S/c18-17(19)24-13-4-5-14-12(9-13)2-1-3-15(14)20-16(21)8-11-6-7-25(22,23)10-11/h4-7,9,11,15,17H,1-3,8,10H2,(H,20,21). The largest absolute Gasteiger partial charge is 0.435 e. The minimum Gasteiger partial charge on any atom is -0.435 e. The van der Waals surface area contributed by atoms with Crippen LogP contribution in [0.5, 0.6) is 5.75 Å². The highest BCUT2D eigenvalue weighted by Crippen LogP contribution is 2.33. The molecule has 1 amide bonds. The van der Waals surface area contributed by atoms with Crippen LogP contribution in [0.3, 0.4) is 0 Å². The van der Waals surface area contributed by atoms with E-state index in [1.807, 2.05) is 0 Å². The number of alkyl halides is 2. The molecule has 1 aliphatic heterocycles. The maximum atomic E-state index is 12.3. The molecule has 0 saturated heterocycles. The van der Waals surface area contributed by atoms with E-state index in [0.717, 1.165) is 35.8 Å². The monoisotopic (exact) mass is 371 g/mol. The van der Waals surface area contributed by atoms with Gasteiger partial charge in [-0.1, -0.05) is 12.1 Å². The zero-order valence-electron chi connectivity index (χ0n) is 13.5. The summed E-state index contributed by atoms with van der Waals surface area (Å²) in [6.07, 6.45) is 4.00. The lowest BCUT2D eigenvalue weighted by atomic mass is 9.87. The Morgan fingerprint density at radius 3 is 2.84 bits per heavy atom. The number of nitrogens with one attached hydrogen (secondary N) is 1. The summed E-state index contributed by atoms with van der Waals surface area (Å²) in [5.74, 6) is -0.426. The summed E-state index contributed by atoms with van der Waals surface area (Å²) in [4.78, 5) is 12.2. The summed E-state index contributed by atoms with van der Waals surface area (Å²) in [5, 5.41) is 4.09. The molecule has 5 nitrogen and oxygen atoms in total. The molecule has 1 N–H and O–H groups in total. The molecular weight excluding hydrogens is 352 g/mol. The predicted molar refractivity (Wildman–Crippen MR) is 87.9 cm³/mol. The molecule has 1 aromatic carbocycles. The Labute approximate surface area is 145 Å². The van der Waals surface area contributed by atoms with Gasteiger partial charge in [-0.15, -0.1) is 0 Å². The van der Waals surface area contributed by atoms with Crippen molar-refractivity contribution in [3.8, 4) is 5.75 Å². The summed E-state index contributed by atoms with van der Waals surface area (Å²) >= 11 is 0. The van der Waals surface area contributed by atoms with Crippen molar-refractivity contribution >= 4 is 15.7 Å². The van der Waals surface area contributed by atoms with E-state index < -0.39 is 16.4 Å². The SMILES string of the molecule is O=C(CC1C=CS(=O)(=O)C1)NC1CCCc2cc(OC(F)F)ccc21. The van der Waals surface area contributed by atoms with E-state index in [0.29, 0.717) is 0 Å². The van der Waals surface area contributed by atoms with Crippen LogP contribution in [-0.2, 0) is 21.1 Å². The van der Waals surface area contributed by atoms with E-state index in [9.17, 15) is 22.0 Å². The lowest BCUT2D eigenvalue weighted by Crippen LogP contribution is -2.32. The Bertz CT molecular complexity index is 792. The number of hydrogen-bond acceptors (Lipinski definition) is 4. The molecular formula is C17H19F2NO4S. The van der Waals surface area contributed by atoms with E-state index in [4.69, 9.17) is 0 Å². The number of benzene rings is 1. The van der Waals surface area contributed by atoms with Gasteiger partial charge in [-0.05, 0) is 42.5 Å². The maximum Gasteiger partial charge on any atom is 0.387 e. The molecule has 1 heterocycles. The predicted octanol–water partition coefficient (Wildman–Crippen LogP) is 2.73. The highest BCUT2D eigenvalue weighted by atomic mass is 32.2. The first kappa shape index (κ1) is 17.8. The first-order chi connectivity index (χ1) is 11.8. The van der Waals surface area contributed by atoms with Crippen LogP contribution in [0.15, 0.2) is 29.7 Å². The molecule has 1 aromatic rings. The first-order valence-corrected chi connectivity index (χ1v) is 9.82. The number of amides is 1. The van der Waals surface area contributed by atoms with Gasteiger partial charge >= 0.3 is 6.61 Å². The summed E-state index contributed by atoms with van der Waals surface area (Å²) < 4.78 is 51.9. The molecule has 0 bridgehead atoms. The van der Waals surface area contributed by atoms with Gasteiger partial charge in [0.05, 0.1) is 11.8 Å². The fourth-order valence-electron chi connectivity index (χ4n) is 3.38. The number of sulfone groups is 1. The molecule has 3 rings (SSSR count). The van der Waals surface area contributed by atoms with Gasteiger partial charge in [0.25, 0.3) is 0 Å². The lowest BCUT2D eigenvalue weighted by molar-refractivity contribution is -0.122. The Morgan fingerprint density at radius 1 is 1.36 bits per heavy atom. The van der Waals surface area contributed by atoms with Gasteiger partial charge in [0.2, 0.25) is 5.91 Å². The molecule has 0 fully saturated rings. The smallest absolute Gasteiger partial charge is 0.387 e. The van der Waals surface area contributed by atoms with E-state index in [1.54, 1.807) is 18.2 Å². The Morgan fingerprint density at radius 2 is 2.16 bits per heavy atom. The van der Waals surface area contributed by atoms with Crippen LogP contribution in [0.2, 0.25) is 0 Å². The summed E-state index contributed by atoms with van der Waals surface area (Å²) in [7, 11) is -3.17. The summed E-state index contributed by atoms with van der Waals surface area (Å²) in [6.45, 7) is -2.87. The zero-order valence-corrected chi connectivity index (χ0v) is 14.3. The Balaban J connectivity index is 1.65. The lowest BCUT2D eigenvalue weighted by Gasteiger charge is -2.27. The van der Waals surface area contributed by atoms with Crippen LogP contribution in [0.1, 0.15) is 36.4 Å². The van der Waals surface area contributed by atoms with Gasteiger partial charge in [0.15, 0.2) is 9.84 Å². The molecule has 2 atom stereocenters. The van der Waals surface area contributed by atoms with Crippen molar-refractivity contribution in [3.63, 3.8) is 0 Å². The second-order valence-electron chi connectivity index (χ2n) is 6.37. The average molecular weight is 371 g/mol. The third-order valence-electron chi connectivity index (χ3n) is 4.44. The molecule has 1 aliphatic carbocycles. The van der Waals surface area contributed by atoms with Crippen molar-refractivity contribution < 1.29 is 26.7 Å². The van der Waals surface area contributed by atoms with E-state index >= 15 is 0 Å². The number of halogens is 2. The van der Waals surface area contributed by atoms with E-state index in [-0.39, 0.29) is 35.8 Å². The number of allylic oxidation sites excluding steroid dienone is 1. The number of aryl methyl sites for hydroxylation is 1. The van der Waals surface area contributed by atoms with Crippen LogP contribution in [0.25, 0.3) is 0 Å². The summed E-state index contributed by atoms with van der Waals surface area (Å²) in [6, 6.07) is 4.57. The van der Waals surface area contributed by atoms with Crippen molar-refractivity contribution in [1.82, 2.24) is 5.32 Å². The average Bonchev–Trinajstić information content (AvgIpc) is 2.85. The Hall–Kier alpha value is -1.96. The summed E-state index contributed by atoms with van der Waals surface area (Å²) in [5.41, 5.74) is 1.79. The second-order valence-corrected chi connectivity index (χ2v) is 8.30. The van der Waals surface area contributed by atoms with Crippen LogP contribution in [0.4, 0.5) is 8.78 Å². The molecule has 25 heavy (non-hydrogen) atoms. The molecule has 8 heteroatoms. The van der Waals surface area contributed by atoms with Crippen LogP contribution in [-0.4, -0.2) is 26.7 Å². The van der Waals surface area contributed by atoms with Gasteiger partial charge in [-0.25, -0.2) is 8.42 Å². The van der Waals surface area contributed by atoms with Gasteiger partial charge < -0.3 is 10.1 Å². The minimum atomic E-state index is -3.17. The van der Waals surface area contributed by atoms with Crippen molar-refractivity contribution in [2.75, 3.05) is 5.75 Å². The van der Waals surface area contributed by atoms with Gasteiger partial charge in [0, 0.05) is 17.7 Å². The number of ether oxygens (including phenoxy) is 1. The van der Waals surface area contributed by atoms with Crippen LogP contribution >= 0.6 is 0 Å². The van der Waals surface area contributed by atoms with Gasteiger partial charge in [-0.3, -0.25) is 4.79 Å². The number of hydrogen-bond donors (Lipinski definition) is 1. The first-order valence-electron chi connectivity index (χ1n) is 8.10. The third kappa shape index (κ3) is 4.56. The molecule has 2 aliphatic rings. The van der Waals surface area contributed by atoms with Crippen molar-refractivity contribution in [3.05, 3.63) is 40.8 Å². The topological polar surface area (TPSA) is 72.5 Å². The third-order valence-corrected chi connectivity index (χ3v) is 5.91. The van der Waals surface area contributed by atoms with Crippen LogP contribution in [0, 0.1) is 5.92 Å². The van der Waals surface area contributed by atoms with Crippen molar-refractivity contribution in [2.24, 2.45) is 5.92 Å². The van der Waals surface area contributed by atoms with E-state index in [2.05, 4.69) is 10.1 Å². The molecule has 0 saturated carbocycles. The van der Waals surface area contributed by atoms with Crippen molar-refractivity contribution in [1.29, 1.82) is 0 Å². The van der Waals surface area contributed by atoms with E-state index in [1.165, 1.54) is 6.07 Å². The quantitative estimate of drug-likeness (QED) is 0.864. The fourth-order valence-corrected chi connectivity index (χ4v) is 4.77. The van der Waals surface area contributed by atoms with Gasteiger partial charge in [0.1, 0.15) is 5.75 Å².